The van der Waals surface area contributed by atoms with E-state index < -0.39 is 11.8 Å². The third-order valence-electron chi connectivity index (χ3n) is 3.38. The predicted octanol–water partition coefficient (Wildman–Crippen LogP) is 2.62. The van der Waals surface area contributed by atoms with Gasteiger partial charge in [-0.15, -0.1) is 0 Å². The molecule has 7 heteroatoms. The van der Waals surface area contributed by atoms with E-state index in [-0.39, 0.29) is 6.54 Å². The molecule has 0 fully saturated rings. The maximum absolute atomic E-state index is 12.0. The van der Waals surface area contributed by atoms with E-state index in [1.807, 2.05) is 19.9 Å². The van der Waals surface area contributed by atoms with Crippen molar-refractivity contribution in [3.63, 3.8) is 0 Å². The SMILES string of the molecule is COc1nc(C)cc(C)c1CNC(=O)C(=O)Nc1ccccc1Cl. The Hall–Kier alpha value is -2.60. The van der Waals surface area contributed by atoms with Gasteiger partial charge >= 0.3 is 11.8 Å². The highest BCUT2D eigenvalue weighted by molar-refractivity contribution is 6.41. The molecule has 24 heavy (non-hydrogen) atoms. The number of halogens is 1. The highest BCUT2D eigenvalue weighted by Gasteiger charge is 2.17. The number of para-hydroxylation sites is 1. The minimum atomic E-state index is -0.792. The first kappa shape index (κ1) is 17.7. The van der Waals surface area contributed by atoms with Gasteiger partial charge in [0.25, 0.3) is 0 Å². The number of hydrogen-bond donors (Lipinski definition) is 2. The molecule has 2 rings (SSSR count). The van der Waals surface area contributed by atoms with Gasteiger partial charge in [-0.3, -0.25) is 9.59 Å². The Balaban J connectivity index is 2.03. The third kappa shape index (κ3) is 4.23. The summed E-state index contributed by atoms with van der Waals surface area (Å²) in [4.78, 5) is 28.2. The first-order valence-electron chi connectivity index (χ1n) is 7.27. The lowest BCUT2D eigenvalue weighted by molar-refractivity contribution is -0.136. The quantitative estimate of drug-likeness (QED) is 0.833. The second-order valence-electron chi connectivity index (χ2n) is 5.19. The minimum Gasteiger partial charge on any atom is -0.481 e. The standard InChI is InChI=1S/C17H18ClN3O3/c1-10-8-11(2)20-17(24-3)12(10)9-19-15(22)16(23)21-14-7-5-4-6-13(14)18/h4-8H,9H2,1-3H3,(H,19,22)(H,21,23). The lowest BCUT2D eigenvalue weighted by Crippen LogP contribution is -2.35. The first-order chi connectivity index (χ1) is 11.4. The van der Waals surface area contributed by atoms with E-state index in [9.17, 15) is 9.59 Å². The van der Waals surface area contributed by atoms with E-state index in [0.717, 1.165) is 16.8 Å². The number of anilines is 1. The van der Waals surface area contributed by atoms with Gasteiger partial charge in [0.15, 0.2) is 0 Å². The summed E-state index contributed by atoms with van der Waals surface area (Å²) >= 11 is 5.95. The van der Waals surface area contributed by atoms with E-state index in [1.54, 1.807) is 24.3 Å². The topological polar surface area (TPSA) is 80.3 Å². The van der Waals surface area contributed by atoms with E-state index in [1.165, 1.54) is 7.11 Å². The Morgan fingerprint density at radius 3 is 2.58 bits per heavy atom. The predicted molar refractivity (Wildman–Crippen MR) is 92.2 cm³/mol. The van der Waals surface area contributed by atoms with Gasteiger partial charge < -0.3 is 15.4 Å². The summed E-state index contributed by atoms with van der Waals surface area (Å²) in [5.74, 6) is -1.13. The normalized spacial score (nSPS) is 10.2. The third-order valence-corrected chi connectivity index (χ3v) is 3.71. The van der Waals surface area contributed by atoms with Gasteiger partial charge in [-0.05, 0) is 37.6 Å². The number of ether oxygens (including phenoxy) is 1. The average Bonchev–Trinajstić information content (AvgIpc) is 2.55. The number of hydrogen-bond acceptors (Lipinski definition) is 4. The van der Waals surface area contributed by atoms with Crippen molar-refractivity contribution in [2.24, 2.45) is 0 Å². The molecule has 126 valence electrons. The zero-order chi connectivity index (χ0) is 17.7. The van der Waals surface area contributed by atoms with Crippen molar-refractivity contribution in [2.75, 3.05) is 12.4 Å². The zero-order valence-corrected chi connectivity index (χ0v) is 14.4. The lowest BCUT2D eigenvalue weighted by atomic mass is 10.1. The number of methoxy groups -OCH3 is 1. The van der Waals surface area contributed by atoms with Gasteiger partial charge in [0.05, 0.1) is 17.8 Å². The fraction of sp³-hybridized carbons (Fsp3) is 0.235. The fourth-order valence-corrected chi connectivity index (χ4v) is 2.39. The Morgan fingerprint density at radius 2 is 1.92 bits per heavy atom. The fourth-order valence-electron chi connectivity index (χ4n) is 2.20. The summed E-state index contributed by atoms with van der Waals surface area (Å²) in [6, 6.07) is 8.57. The Kier molecular flexibility index (Phi) is 5.76. The Bertz CT molecular complexity index is 778. The zero-order valence-electron chi connectivity index (χ0n) is 13.6. The summed E-state index contributed by atoms with van der Waals surface area (Å²) in [7, 11) is 1.51. The van der Waals surface area contributed by atoms with Gasteiger partial charge in [0, 0.05) is 17.8 Å². The molecule has 0 spiro atoms. The van der Waals surface area contributed by atoms with Crippen LogP contribution in [0.1, 0.15) is 16.8 Å². The number of carbonyl (C=O) groups is 2. The molecule has 2 amide bonds. The Morgan fingerprint density at radius 1 is 1.21 bits per heavy atom. The highest BCUT2D eigenvalue weighted by Crippen LogP contribution is 2.21. The minimum absolute atomic E-state index is 0.136. The molecule has 0 radical (unpaired) electrons. The van der Waals surface area contributed by atoms with Crippen LogP contribution >= 0.6 is 11.6 Å². The van der Waals surface area contributed by atoms with Crippen LogP contribution in [-0.2, 0) is 16.1 Å². The molecule has 0 unspecified atom stereocenters. The van der Waals surface area contributed by atoms with Crippen molar-refractivity contribution in [3.05, 3.63) is 52.2 Å². The number of aryl methyl sites for hydroxylation is 2. The van der Waals surface area contributed by atoms with Gasteiger partial charge in [-0.1, -0.05) is 23.7 Å². The monoisotopic (exact) mass is 347 g/mol. The van der Waals surface area contributed by atoms with Crippen LogP contribution in [0.5, 0.6) is 5.88 Å². The second-order valence-corrected chi connectivity index (χ2v) is 5.59. The molecule has 0 atom stereocenters. The van der Waals surface area contributed by atoms with Crippen LogP contribution in [0.25, 0.3) is 0 Å². The van der Waals surface area contributed by atoms with E-state index in [0.29, 0.717) is 16.6 Å². The summed E-state index contributed by atoms with van der Waals surface area (Å²) in [6.07, 6.45) is 0. The number of benzene rings is 1. The number of amides is 2. The first-order valence-corrected chi connectivity index (χ1v) is 7.65. The van der Waals surface area contributed by atoms with Crippen LogP contribution in [0.15, 0.2) is 30.3 Å². The number of nitrogens with one attached hydrogen (secondary N) is 2. The molecule has 0 saturated carbocycles. The Labute approximate surface area is 145 Å². The molecule has 1 aromatic carbocycles. The van der Waals surface area contributed by atoms with Gasteiger partial charge in [-0.2, -0.15) is 0 Å². The van der Waals surface area contributed by atoms with E-state index in [4.69, 9.17) is 16.3 Å². The van der Waals surface area contributed by atoms with Crippen LogP contribution in [0.2, 0.25) is 5.02 Å². The molecule has 1 aromatic heterocycles. The van der Waals surface area contributed by atoms with Crippen LogP contribution in [0, 0.1) is 13.8 Å². The molecular formula is C17H18ClN3O3. The van der Waals surface area contributed by atoms with Crippen molar-refractivity contribution in [3.8, 4) is 5.88 Å². The number of rotatable bonds is 4. The van der Waals surface area contributed by atoms with Crippen molar-refractivity contribution < 1.29 is 14.3 Å². The van der Waals surface area contributed by atoms with Crippen LogP contribution < -0.4 is 15.4 Å². The molecular weight excluding hydrogens is 330 g/mol. The van der Waals surface area contributed by atoms with Gasteiger partial charge in [0.2, 0.25) is 5.88 Å². The number of carbonyl (C=O) groups excluding carboxylic acids is 2. The van der Waals surface area contributed by atoms with Gasteiger partial charge in [0.1, 0.15) is 0 Å². The number of pyridine rings is 1. The molecule has 0 aliphatic rings. The largest absolute Gasteiger partial charge is 0.481 e. The maximum Gasteiger partial charge on any atom is 0.313 e. The van der Waals surface area contributed by atoms with Crippen LogP contribution in [0.3, 0.4) is 0 Å². The summed E-state index contributed by atoms with van der Waals surface area (Å²) in [5.41, 5.74) is 2.84. The van der Waals surface area contributed by atoms with Gasteiger partial charge in [-0.25, -0.2) is 4.98 Å². The lowest BCUT2D eigenvalue weighted by Gasteiger charge is -2.13. The number of aromatic nitrogens is 1. The summed E-state index contributed by atoms with van der Waals surface area (Å²) < 4.78 is 5.23. The molecule has 2 aromatic rings. The molecule has 6 nitrogen and oxygen atoms in total. The molecule has 1 heterocycles. The summed E-state index contributed by atoms with van der Waals surface area (Å²) in [6.45, 7) is 3.88. The molecule has 0 saturated heterocycles. The summed E-state index contributed by atoms with van der Waals surface area (Å²) in [5, 5.41) is 5.39. The second kappa shape index (κ2) is 7.79. The molecule has 2 N–H and O–H groups in total. The van der Waals surface area contributed by atoms with Crippen molar-refractivity contribution in [2.45, 2.75) is 20.4 Å². The smallest absolute Gasteiger partial charge is 0.313 e. The molecule has 0 aliphatic carbocycles. The average molecular weight is 348 g/mol. The van der Waals surface area contributed by atoms with Crippen LogP contribution in [0.4, 0.5) is 5.69 Å². The molecule has 0 bridgehead atoms. The van der Waals surface area contributed by atoms with E-state index >= 15 is 0 Å². The van der Waals surface area contributed by atoms with Crippen LogP contribution in [-0.4, -0.2) is 23.9 Å². The van der Waals surface area contributed by atoms with E-state index in [2.05, 4.69) is 15.6 Å². The van der Waals surface area contributed by atoms with Crippen molar-refractivity contribution in [1.82, 2.24) is 10.3 Å². The highest BCUT2D eigenvalue weighted by atomic mass is 35.5. The van der Waals surface area contributed by atoms with Crippen molar-refractivity contribution in [1.29, 1.82) is 0 Å². The molecule has 0 aliphatic heterocycles. The van der Waals surface area contributed by atoms with Crippen molar-refractivity contribution >= 4 is 29.1 Å². The maximum atomic E-state index is 12.0. The number of nitrogens with zero attached hydrogens (tertiary/aromatic N) is 1.